The van der Waals surface area contributed by atoms with Crippen molar-refractivity contribution in [2.45, 2.75) is 31.9 Å². The van der Waals surface area contributed by atoms with Gasteiger partial charge in [0.2, 0.25) is 10.9 Å². The molecule has 1 saturated heterocycles. The fourth-order valence-corrected chi connectivity index (χ4v) is 2.33. The minimum Gasteiger partial charge on any atom is -0.392 e. The molecule has 5 heteroatoms. The lowest BCUT2D eigenvalue weighted by Crippen LogP contribution is -2.36. The van der Waals surface area contributed by atoms with Crippen molar-refractivity contribution in [1.82, 2.24) is 4.31 Å². The largest absolute Gasteiger partial charge is 0.392 e. The summed E-state index contributed by atoms with van der Waals surface area (Å²) >= 11 is 0. The molecule has 0 aromatic rings. The fourth-order valence-electron chi connectivity index (χ4n) is 1.48. The van der Waals surface area contributed by atoms with E-state index in [0.717, 1.165) is 0 Å². The van der Waals surface area contributed by atoms with E-state index in [-0.39, 0.29) is 6.54 Å². The van der Waals surface area contributed by atoms with Crippen LogP contribution in [0.3, 0.4) is 0 Å². The zero-order valence-electron chi connectivity index (χ0n) is 6.65. The molecule has 1 atom stereocenters. The van der Waals surface area contributed by atoms with Gasteiger partial charge in [-0.25, -0.2) is 8.42 Å². The second-order valence-electron chi connectivity index (χ2n) is 3.49. The second-order valence-corrected chi connectivity index (χ2v) is 4.45. The molecule has 4 nitrogen and oxygen atoms in total. The van der Waals surface area contributed by atoms with Crippen LogP contribution in [0, 0.1) is 0 Å². The topological polar surface area (TPSA) is 57.6 Å². The third-order valence-electron chi connectivity index (χ3n) is 2.01. The van der Waals surface area contributed by atoms with Crippen LogP contribution in [0.15, 0.2) is 0 Å². The first kappa shape index (κ1) is 8.96. The second kappa shape index (κ2) is 2.73. The van der Waals surface area contributed by atoms with Gasteiger partial charge in [0.05, 0.1) is 6.10 Å². The molecule has 66 valence electrons. The van der Waals surface area contributed by atoms with E-state index in [4.69, 9.17) is 0 Å². The van der Waals surface area contributed by atoms with Gasteiger partial charge >= 0.3 is 0 Å². The van der Waals surface area contributed by atoms with Crippen LogP contribution in [-0.2, 0) is 10.9 Å². The Morgan fingerprint density at radius 3 is 2.27 bits per heavy atom. The number of thiol groups is 1. The molecule has 0 spiro atoms. The number of hydrogen-bond acceptors (Lipinski definition) is 3. The van der Waals surface area contributed by atoms with E-state index in [2.05, 4.69) is 0 Å². The lowest BCUT2D eigenvalue weighted by Gasteiger charge is -2.24. The predicted octanol–water partition coefficient (Wildman–Crippen LogP) is -0.642. The maximum Gasteiger partial charge on any atom is 0.204 e. The average molecular weight is 179 g/mol. The first-order valence-electron chi connectivity index (χ1n) is 3.53. The summed E-state index contributed by atoms with van der Waals surface area (Å²) in [7, 11) is -2.54. The third-order valence-corrected chi connectivity index (χ3v) is 3.11. The normalized spacial score (nSPS) is 31.5. The molecule has 0 radical (unpaired) electrons. The van der Waals surface area contributed by atoms with Crippen molar-refractivity contribution in [3.63, 3.8) is 0 Å². The van der Waals surface area contributed by atoms with Crippen molar-refractivity contribution in [2.24, 2.45) is 0 Å². The van der Waals surface area contributed by atoms with Crippen LogP contribution in [0.25, 0.3) is 0 Å². The first-order chi connectivity index (χ1) is 4.93. The molecule has 1 heterocycles. The van der Waals surface area contributed by atoms with Crippen molar-refractivity contribution < 1.29 is 13.5 Å². The molecule has 0 aliphatic carbocycles. The number of hydrogen-bond donors (Lipinski definition) is 2. The van der Waals surface area contributed by atoms with E-state index in [9.17, 15) is 13.5 Å². The fraction of sp³-hybridized carbons (Fsp3) is 1.00. The molecular weight excluding hydrogens is 166 g/mol. The average Bonchev–Trinajstić information content (AvgIpc) is 2.04. The van der Waals surface area contributed by atoms with Crippen LogP contribution in [0.1, 0.15) is 20.3 Å². The maximum absolute atomic E-state index is 10.6. The van der Waals surface area contributed by atoms with Crippen molar-refractivity contribution in [2.75, 3.05) is 6.54 Å². The van der Waals surface area contributed by atoms with E-state index in [0.29, 0.717) is 6.42 Å². The molecule has 1 unspecified atom stereocenters. The molecule has 0 saturated carbocycles. The summed E-state index contributed by atoms with van der Waals surface area (Å²) in [6.45, 7) is 3.87. The highest BCUT2D eigenvalue weighted by molar-refractivity contribution is 7.69. The molecule has 1 aliphatic rings. The number of β-amino-alcohol motifs (C(OH)–C–C–N with tert-alkyl or cyclic N) is 1. The van der Waals surface area contributed by atoms with E-state index in [1.807, 2.05) is 13.8 Å². The van der Waals surface area contributed by atoms with Gasteiger partial charge < -0.3 is 5.11 Å². The standard InChI is InChI=1S/C6H13NO3S/c1-6(2)3-5(8)4-7(6)11(9)10/h5,8,11H,3-4H2,1-2H3. The van der Waals surface area contributed by atoms with Crippen LogP contribution in [0.2, 0.25) is 0 Å². The highest BCUT2D eigenvalue weighted by atomic mass is 32.2. The number of aliphatic hydroxyl groups is 1. The Bertz CT molecular complexity index is 216. The van der Waals surface area contributed by atoms with Gasteiger partial charge in [0, 0.05) is 12.1 Å². The maximum atomic E-state index is 10.6. The molecule has 11 heavy (non-hydrogen) atoms. The summed E-state index contributed by atoms with van der Waals surface area (Å²) in [5, 5.41) is 9.18. The van der Waals surface area contributed by atoms with Gasteiger partial charge in [-0.05, 0) is 20.3 Å². The molecule has 1 rings (SSSR count). The Kier molecular flexibility index (Phi) is 2.22. The van der Waals surface area contributed by atoms with Gasteiger partial charge in [0.1, 0.15) is 0 Å². The van der Waals surface area contributed by atoms with Crippen molar-refractivity contribution in [3.05, 3.63) is 0 Å². The molecule has 1 fully saturated rings. The van der Waals surface area contributed by atoms with Crippen LogP contribution < -0.4 is 0 Å². The van der Waals surface area contributed by atoms with Crippen molar-refractivity contribution in [3.8, 4) is 0 Å². The Labute approximate surface area is 67.9 Å². The Hall–Kier alpha value is -0.130. The first-order valence-corrected chi connectivity index (χ1v) is 4.66. The van der Waals surface area contributed by atoms with Gasteiger partial charge in [-0.3, -0.25) is 0 Å². The lowest BCUT2D eigenvalue weighted by molar-refractivity contribution is 0.187. The zero-order chi connectivity index (χ0) is 8.65. The van der Waals surface area contributed by atoms with Crippen LogP contribution in [-0.4, -0.2) is 36.0 Å². The minimum absolute atomic E-state index is 0.242. The summed E-state index contributed by atoms with van der Waals surface area (Å²) < 4.78 is 22.5. The minimum atomic E-state index is -2.54. The summed E-state index contributed by atoms with van der Waals surface area (Å²) in [5.41, 5.74) is -0.408. The van der Waals surface area contributed by atoms with Gasteiger partial charge in [0.15, 0.2) is 0 Å². The molecule has 1 aliphatic heterocycles. The third kappa shape index (κ3) is 1.72. The monoisotopic (exact) mass is 179 g/mol. The molecule has 0 aromatic heterocycles. The molecule has 0 aromatic carbocycles. The predicted molar refractivity (Wildman–Crippen MR) is 41.7 cm³/mol. The van der Waals surface area contributed by atoms with E-state index >= 15 is 0 Å². The van der Waals surface area contributed by atoms with E-state index < -0.39 is 22.5 Å². The van der Waals surface area contributed by atoms with Crippen molar-refractivity contribution in [1.29, 1.82) is 0 Å². The van der Waals surface area contributed by atoms with Crippen LogP contribution in [0.5, 0.6) is 0 Å². The van der Waals surface area contributed by atoms with Gasteiger partial charge in [-0.15, -0.1) is 0 Å². The molecule has 0 amide bonds. The summed E-state index contributed by atoms with van der Waals surface area (Å²) in [5.74, 6) is 0. The Morgan fingerprint density at radius 1 is 1.55 bits per heavy atom. The smallest absolute Gasteiger partial charge is 0.204 e. The van der Waals surface area contributed by atoms with Gasteiger partial charge in [-0.2, -0.15) is 4.31 Å². The summed E-state index contributed by atoms with van der Waals surface area (Å²) in [4.78, 5) is 0. The highest BCUT2D eigenvalue weighted by Gasteiger charge is 2.39. The lowest BCUT2D eigenvalue weighted by atomic mass is 10.0. The molecule has 0 bridgehead atoms. The summed E-state index contributed by atoms with van der Waals surface area (Å²) in [6.07, 6.45) is 0.0222. The SMILES string of the molecule is CC1(C)CC(O)CN1[SH](=O)=O. The van der Waals surface area contributed by atoms with Crippen LogP contribution >= 0.6 is 0 Å². The van der Waals surface area contributed by atoms with Crippen molar-refractivity contribution >= 4 is 10.9 Å². The number of rotatable bonds is 1. The molecule has 1 N–H and O–H groups in total. The number of aliphatic hydroxyl groups excluding tert-OH is 1. The Balaban J connectivity index is 2.82. The quantitative estimate of drug-likeness (QED) is 0.526. The zero-order valence-corrected chi connectivity index (χ0v) is 7.54. The Morgan fingerprint density at radius 2 is 2.09 bits per heavy atom. The highest BCUT2D eigenvalue weighted by Crippen LogP contribution is 2.28. The van der Waals surface area contributed by atoms with Gasteiger partial charge in [-0.1, -0.05) is 0 Å². The van der Waals surface area contributed by atoms with Crippen LogP contribution in [0.4, 0.5) is 0 Å². The number of nitrogens with zero attached hydrogens (tertiary/aromatic N) is 1. The summed E-state index contributed by atoms with van der Waals surface area (Å²) in [6, 6.07) is 0. The van der Waals surface area contributed by atoms with Gasteiger partial charge in [0.25, 0.3) is 0 Å². The van der Waals surface area contributed by atoms with E-state index in [1.54, 1.807) is 0 Å². The van der Waals surface area contributed by atoms with E-state index in [1.165, 1.54) is 4.31 Å². The molecular formula is C6H13NO3S.